The van der Waals surface area contributed by atoms with Gasteiger partial charge in [0.15, 0.2) is 0 Å². The van der Waals surface area contributed by atoms with E-state index in [1.54, 1.807) is 30.1 Å². The molecule has 2 atom stereocenters. The van der Waals surface area contributed by atoms with Crippen molar-refractivity contribution in [2.45, 2.75) is 37.6 Å². The third-order valence-corrected chi connectivity index (χ3v) is 8.60. The van der Waals surface area contributed by atoms with Gasteiger partial charge in [-0.3, -0.25) is 4.79 Å². The van der Waals surface area contributed by atoms with E-state index in [9.17, 15) is 9.59 Å². The lowest BCUT2D eigenvalue weighted by atomic mass is 9.93. The Balaban J connectivity index is 1.30. The van der Waals surface area contributed by atoms with Crippen molar-refractivity contribution < 1.29 is 14.3 Å². The quantitative estimate of drug-likeness (QED) is 0.492. The summed E-state index contributed by atoms with van der Waals surface area (Å²) in [5, 5.41) is 0.952. The third kappa shape index (κ3) is 5.82. The molecule has 2 unspecified atom stereocenters. The van der Waals surface area contributed by atoms with E-state index in [1.807, 2.05) is 35.2 Å². The van der Waals surface area contributed by atoms with Crippen molar-refractivity contribution in [2.24, 2.45) is 11.8 Å². The van der Waals surface area contributed by atoms with Gasteiger partial charge in [0.25, 0.3) is 0 Å². The van der Waals surface area contributed by atoms with E-state index in [2.05, 4.69) is 4.90 Å². The summed E-state index contributed by atoms with van der Waals surface area (Å²) in [4.78, 5) is 32.7. The molecule has 0 spiro atoms. The monoisotopic (exact) mass is 529 g/mol. The van der Waals surface area contributed by atoms with Crippen LogP contribution in [0.1, 0.15) is 37.2 Å². The van der Waals surface area contributed by atoms with Gasteiger partial charge in [-0.25, -0.2) is 4.79 Å². The second kappa shape index (κ2) is 11.0. The topological polar surface area (TPSA) is 53.1 Å². The number of likely N-dealkylation sites (N-methyl/N-ethyl adjacent to an activating group) is 1. The third-order valence-electron chi connectivity index (χ3n) is 7.86. The standard InChI is InChI=1S/C28H33Cl2N3O3/c1-31(28(35)36-22-5-3-2-4-6-22)26-18-33(17-23(26)21-9-10-24(29)25(30)15-21)27(34)20-11-13-32(14-12-20)16-19-7-8-19/h2-6,9-10,15,19-20,23,26H,7-8,11-14,16-18H2,1H3. The average molecular weight is 530 g/mol. The summed E-state index contributed by atoms with van der Waals surface area (Å²) < 4.78 is 5.61. The second-order valence-corrected chi connectivity index (χ2v) is 11.2. The van der Waals surface area contributed by atoms with Crippen molar-refractivity contribution in [1.29, 1.82) is 0 Å². The number of carbonyl (C=O) groups is 2. The molecule has 192 valence electrons. The van der Waals surface area contributed by atoms with Crippen LogP contribution in [0.15, 0.2) is 48.5 Å². The highest BCUT2D eigenvalue weighted by Gasteiger charge is 2.42. The fourth-order valence-electron chi connectivity index (χ4n) is 5.51. The number of ether oxygens (including phenoxy) is 1. The summed E-state index contributed by atoms with van der Waals surface area (Å²) in [5.74, 6) is 1.50. The first-order valence-corrected chi connectivity index (χ1v) is 13.6. The summed E-state index contributed by atoms with van der Waals surface area (Å²) in [6.07, 6.45) is 4.06. The van der Waals surface area contributed by atoms with E-state index in [4.69, 9.17) is 27.9 Å². The molecule has 2 saturated heterocycles. The van der Waals surface area contributed by atoms with E-state index in [0.29, 0.717) is 28.9 Å². The van der Waals surface area contributed by atoms with Crippen LogP contribution in [0, 0.1) is 11.8 Å². The zero-order chi connectivity index (χ0) is 25.2. The van der Waals surface area contributed by atoms with Gasteiger partial charge >= 0.3 is 6.09 Å². The molecular weight excluding hydrogens is 497 g/mol. The molecule has 6 nitrogen and oxygen atoms in total. The lowest BCUT2D eigenvalue weighted by molar-refractivity contribution is -0.136. The molecule has 2 aliphatic heterocycles. The van der Waals surface area contributed by atoms with E-state index in [1.165, 1.54) is 19.4 Å². The van der Waals surface area contributed by atoms with Crippen molar-refractivity contribution in [3.63, 3.8) is 0 Å². The molecule has 2 heterocycles. The molecule has 2 aromatic carbocycles. The van der Waals surface area contributed by atoms with Gasteiger partial charge in [0.05, 0.1) is 16.1 Å². The molecule has 2 aromatic rings. The summed E-state index contributed by atoms with van der Waals surface area (Å²) in [5.41, 5.74) is 0.961. The fourth-order valence-corrected chi connectivity index (χ4v) is 5.82. The van der Waals surface area contributed by atoms with E-state index in [-0.39, 0.29) is 23.8 Å². The molecule has 3 aliphatic rings. The number of likely N-dealkylation sites (tertiary alicyclic amines) is 2. The van der Waals surface area contributed by atoms with Crippen molar-refractivity contribution in [1.82, 2.24) is 14.7 Å². The van der Waals surface area contributed by atoms with Crippen molar-refractivity contribution >= 4 is 35.2 Å². The van der Waals surface area contributed by atoms with Crippen LogP contribution in [0.3, 0.4) is 0 Å². The van der Waals surface area contributed by atoms with Gasteiger partial charge in [-0.05, 0) is 74.5 Å². The van der Waals surface area contributed by atoms with E-state index >= 15 is 0 Å². The lowest BCUT2D eigenvalue weighted by Crippen LogP contribution is -2.45. The molecule has 0 aromatic heterocycles. The Morgan fingerprint density at radius 3 is 2.36 bits per heavy atom. The Kier molecular flexibility index (Phi) is 7.75. The van der Waals surface area contributed by atoms with Gasteiger partial charge < -0.3 is 19.4 Å². The maximum absolute atomic E-state index is 13.6. The van der Waals surface area contributed by atoms with Gasteiger partial charge in [0.1, 0.15) is 5.75 Å². The van der Waals surface area contributed by atoms with Crippen LogP contribution in [0.5, 0.6) is 5.75 Å². The minimum atomic E-state index is -0.445. The molecule has 0 bridgehead atoms. The first-order chi connectivity index (χ1) is 17.4. The Hall–Kier alpha value is -2.28. The number of piperidine rings is 1. The van der Waals surface area contributed by atoms with Crippen molar-refractivity contribution in [3.8, 4) is 5.75 Å². The fraction of sp³-hybridized carbons (Fsp3) is 0.500. The smallest absolute Gasteiger partial charge is 0.410 e. The zero-order valence-electron chi connectivity index (χ0n) is 20.6. The Bertz CT molecular complexity index is 1090. The minimum Gasteiger partial charge on any atom is -0.410 e. The Morgan fingerprint density at radius 2 is 1.69 bits per heavy atom. The van der Waals surface area contributed by atoms with Crippen LogP contribution < -0.4 is 4.74 Å². The normalized spacial score (nSPS) is 23.0. The number of hydrogen-bond acceptors (Lipinski definition) is 4. The minimum absolute atomic E-state index is 0.0373. The largest absolute Gasteiger partial charge is 0.415 e. The summed E-state index contributed by atoms with van der Waals surface area (Å²) >= 11 is 12.5. The first-order valence-electron chi connectivity index (χ1n) is 12.8. The first kappa shape index (κ1) is 25.4. The predicted molar refractivity (Wildman–Crippen MR) is 142 cm³/mol. The summed E-state index contributed by atoms with van der Waals surface area (Å²) in [6.45, 7) is 4.16. The number of rotatable bonds is 6. The number of benzene rings is 2. The maximum atomic E-state index is 13.6. The summed E-state index contributed by atoms with van der Waals surface area (Å²) in [6, 6.07) is 14.4. The van der Waals surface area contributed by atoms with Crippen molar-refractivity contribution in [3.05, 3.63) is 64.1 Å². The number of carbonyl (C=O) groups excluding carboxylic acids is 2. The molecule has 2 amide bonds. The van der Waals surface area contributed by atoms with Crippen LogP contribution >= 0.6 is 23.2 Å². The van der Waals surface area contributed by atoms with Gasteiger partial charge in [-0.15, -0.1) is 0 Å². The Labute approximate surface area is 223 Å². The molecule has 8 heteroatoms. The highest BCUT2D eigenvalue weighted by Crippen LogP contribution is 2.36. The molecule has 0 N–H and O–H groups in total. The average Bonchev–Trinajstić information content (AvgIpc) is 3.60. The number of halogens is 2. The summed E-state index contributed by atoms with van der Waals surface area (Å²) in [7, 11) is 1.74. The zero-order valence-corrected chi connectivity index (χ0v) is 22.1. The van der Waals surface area contributed by atoms with Crippen LogP contribution in [0.2, 0.25) is 10.0 Å². The molecule has 3 fully saturated rings. The lowest BCUT2D eigenvalue weighted by Gasteiger charge is -2.33. The highest BCUT2D eigenvalue weighted by atomic mass is 35.5. The van der Waals surface area contributed by atoms with Gasteiger partial charge in [-0.2, -0.15) is 0 Å². The molecule has 5 rings (SSSR count). The van der Waals surface area contributed by atoms with Crippen LogP contribution in [0.25, 0.3) is 0 Å². The molecule has 1 aliphatic carbocycles. The molecule has 0 radical (unpaired) electrons. The molecular formula is C28H33Cl2N3O3. The predicted octanol–water partition coefficient (Wildman–Crippen LogP) is 5.54. The van der Waals surface area contributed by atoms with Crippen molar-refractivity contribution in [2.75, 3.05) is 39.8 Å². The second-order valence-electron chi connectivity index (χ2n) is 10.4. The molecule has 1 saturated carbocycles. The van der Waals surface area contributed by atoms with Crippen LogP contribution in [-0.2, 0) is 4.79 Å². The Morgan fingerprint density at radius 1 is 0.972 bits per heavy atom. The highest BCUT2D eigenvalue weighted by molar-refractivity contribution is 6.42. The van der Waals surface area contributed by atoms with Gasteiger partial charge in [-0.1, -0.05) is 47.5 Å². The van der Waals surface area contributed by atoms with Crippen LogP contribution in [0.4, 0.5) is 4.79 Å². The van der Waals surface area contributed by atoms with Gasteiger partial charge in [0, 0.05) is 38.5 Å². The number of nitrogens with zero attached hydrogens (tertiary/aromatic N) is 3. The van der Waals surface area contributed by atoms with E-state index in [0.717, 1.165) is 37.4 Å². The molecule has 36 heavy (non-hydrogen) atoms. The van der Waals surface area contributed by atoms with E-state index < -0.39 is 6.09 Å². The number of para-hydroxylation sites is 1. The van der Waals surface area contributed by atoms with Gasteiger partial charge in [0.2, 0.25) is 5.91 Å². The number of hydrogen-bond donors (Lipinski definition) is 0. The maximum Gasteiger partial charge on any atom is 0.415 e. The SMILES string of the molecule is CN(C(=O)Oc1ccccc1)C1CN(C(=O)C2CCN(CC3CC3)CC2)CC1c1ccc(Cl)c(Cl)c1. The number of amides is 2. The van der Waals surface area contributed by atoms with Crippen LogP contribution in [-0.4, -0.2) is 72.5 Å².